The van der Waals surface area contributed by atoms with Gasteiger partial charge in [0.1, 0.15) is 6.29 Å². The number of aryl methyl sites for hydroxylation is 1. The number of benzene rings is 3. The Morgan fingerprint density at radius 2 is 1.60 bits per heavy atom. The zero-order valence-corrected chi connectivity index (χ0v) is 11.3. The van der Waals surface area contributed by atoms with Gasteiger partial charge in [-0.1, -0.05) is 36.4 Å². The van der Waals surface area contributed by atoms with Crippen molar-refractivity contribution in [2.75, 3.05) is 0 Å². The molecule has 0 bridgehead atoms. The molecule has 1 heteroatoms. The van der Waals surface area contributed by atoms with E-state index in [2.05, 4.69) is 48.5 Å². The molecular weight excluding hydrogens is 244 g/mol. The number of carbonyl (C=O) groups excluding carboxylic acids is 1. The Morgan fingerprint density at radius 3 is 2.30 bits per heavy atom. The Hall–Kier alpha value is -2.15. The Morgan fingerprint density at radius 1 is 0.900 bits per heavy atom. The van der Waals surface area contributed by atoms with Gasteiger partial charge in [0.15, 0.2) is 0 Å². The lowest BCUT2D eigenvalue weighted by molar-refractivity contribution is -0.109. The number of hydrogen-bond acceptors (Lipinski definition) is 1. The van der Waals surface area contributed by atoms with Crippen molar-refractivity contribution in [1.82, 2.24) is 0 Å². The molecule has 1 nitrogen and oxygen atoms in total. The van der Waals surface area contributed by atoms with Gasteiger partial charge in [0.2, 0.25) is 0 Å². The summed E-state index contributed by atoms with van der Waals surface area (Å²) in [5, 5.41) is 5.08. The number of aldehydes is 1. The molecule has 0 aromatic heterocycles. The largest absolute Gasteiger partial charge is 0.303 e. The molecule has 0 N–H and O–H groups in total. The molecule has 0 saturated heterocycles. The number of hydrogen-bond donors (Lipinski definition) is 0. The second kappa shape index (κ2) is 4.45. The normalized spacial score (nSPS) is 18.1. The first-order valence-electron chi connectivity index (χ1n) is 7.26. The highest BCUT2D eigenvalue weighted by molar-refractivity contribution is 5.99. The molecule has 1 aliphatic rings. The summed E-state index contributed by atoms with van der Waals surface area (Å²) in [6, 6.07) is 17.5. The van der Waals surface area contributed by atoms with Crippen molar-refractivity contribution in [2.45, 2.75) is 25.2 Å². The summed E-state index contributed by atoms with van der Waals surface area (Å²) in [6.45, 7) is 0. The Balaban J connectivity index is 2.02. The smallest absolute Gasteiger partial charge is 0.127 e. The first kappa shape index (κ1) is 11.7. The molecule has 98 valence electrons. The number of rotatable bonds is 1. The molecule has 0 aliphatic heterocycles. The third-order valence-electron chi connectivity index (χ3n) is 4.49. The Labute approximate surface area is 118 Å². The van der Waals surface area contributed by atoms with E-state index in [1.165, 1.54) is 32.7 Å². The summed E-state index contributed by atoms with van der Waals surface area (Å²) in [5.74, 6) is 0.0922. The summed E-state index contributed by atoms with van der Waals surface area (Å²) in [4.78, 5) is 11.3. The topological polar surface area (TPSA) is 17.1 Å². The highest BCUT2D eigenvalue weighted by atomic mass is 16.1. The molecule has 1 unspecified atom stereocenters. The molecule has 0 radical (unpaired) electrons. The van der Waals surface area contributed by atoms with Gasteiger partial charge < -0.3 is 4.79 Å². The van der Waals surface area contributed by atoms with Gasteiger partial charge in [-0.2, -0.15) is 0 Å². The monoisotopic (exact) mass is 260 g/mol. The average Bonchev–Trinajstić information content (AvgIpc) is 2.50. The van der Waals surface area contributed by atoms with Crippen LogP contribution in [0.15, 0.2) is 48.5 Å². The van der Waals surface area contributed by atoms with Crippen LogP contribution in [0.3, 0.4) is 0 Å². The SMILES string of the molecule is O=CC1CCCc2cc3cc4ccccc4cc3cc21. The number of fused-ring (bicyclic) bond motifs is 3. The van der Waals surface area contributed by atoms with E-state index < -0.39 is 0 Å². The minimum atomic E-state index is 0.0922. The summed E-state index contributed by atoms with van der Waals surface area (Å²) < 4.78 is 0. The van der Waals surface area contributed by atoms with Gasteiger partial charge in [-0.15, -0.1) is 0 Å². The van der Waals surface area contributed by atoms with Crippen LogP contribution < -0.4 is 0 Å². The maximum atomic E-state index is 11.3. The molecule has 0 fully saturated rings. The predicted molar refractivity (Wildman–Crippen MR) is 83.2 cm³/mol. The van der Waals surface area contributed by atoms with Gasteiger partial charge >= 0.3 is 0 Å². The van der Waals surface area contributed by atoms with Crippen molar-refractivity contribution in [3.8, 4) is 0 Å². The maximum absolute atomic E-state index is 11.3. The van der Waals surface area contributed by atoms with E-state index in [0.29, 0.717) is 0 Å². The minimum absolute atomic E-state index is 0.0922. The van der Waals surface area contributed by atoms with E-state index in [1.807, 2.05) is 0 Å². The van der Waals surface area contributed by atoms with Crippen LogP contribution in [0.1, 0.15) is 29.9 Å². The summed E-state index contributed by atoms with van der Waals surface area (Å²) >= 11 is 0. The highest BCUT2D eigenvalue weighted by Gasteiger charge is 2.20. The average molecular weight is 260 g/mol. The Kier molecular flexibility index (Phi) is 2.59. The molecule has 1 atom stereocenters. The molecule has 20 heavy (non-hydrogen) atoms. The van der Waals surface area contributed by atoms with Crippen molar-refractivity contribution < 1.29 is 4.79 Å². The fourth-order valence-corrected chi connectivity index (χ4v) is 3.43. The van der Waals surface area contributed by atoms with Crippen LogP contribution in [0.2, 0.25) is 0 Å². The van der Waals surface area contributed by atoms with Crippen molar-refractivity contribution in [2.24, 2.45) is 0 Å². The van der Waals surface area contributed by atoms with Gasteiger partial charge in [-0.3, -0.25) is 0 Å². The first-order chi connectivity index (χ1) is 9.85. The third kappa shape index (κ3) is 1.74. The lowest BCUT2D eigenvalue weighted by Crippen LogP contribution is -2.10. The summed E-state index contributed by atoms with van der Waals surface area (Å²) in [6.07, 6.45) is 4.33. The van der Waals surface area contributed by atoms with Crippen LogP contribution in [-0.4, -0.2) is 6.29 Å². The van der Waals surface area contributed by atoms with Gasteiger partial charge in [0.25, 0.3) is 0 Å². The predicted octanol–water partition coefficient (Wildman–Crippen LogP) is 4.61. The highest BCUT2D eigenvalue weighted by Crippen LogP contribution is 2.34. The maximum Gasteiger partial charge on any atom is 0.127 e. The molecule has 0 saturated carbocycles. The fraction of sp³-hybridized carbons (Fsp3) is 0.211. The summed E-state index contributed by atoms with van der Waals surface area (Å²) in [7, 11) is 0. The van der Waals surface area contributed by atoms with E-state index >= 15 is 0 Å². The molecular formula is C19H16O. The summed E-state index contributed by atoms with van der Waals surface area (Å²) in [5.41, 5.74) is 2.60. The van der Waals surface area contributed by atoms with E-state index in [9.17, 15) is 4.79 Å². The molecule has 0 spiro atoms. The van der Waals surface area contributed by atoms with Crippen LogP contribution in [-0.2, 0) is 11.2 Å². The van der Waals surface area contributed by atoms with Crippen molar-refractivity contribution >= 4 is 27.8 Å². The van der Waals surface area contributed by atoms with Crippen molar-refractivity contribution in [3.63, 3.8) is 0 Å². The zero-order chi connectivity index (χ0) is 13.5. The van der Waals surface area contributed by atoms with Crippen LogP contribution in [0, 0.1) is 0 Å². The van der Waals surface area contributed by atoms with Gasteiger partial charge in [0.05, 0.1) is 0 Å². The van der Waals surface area contributed by atoms with Gasteiger partial charge in [0, 0.05) is 5.92 Å². The molecule has 3 aromatic rings. The van der Waals surface area contributed by atoms with Crippen LogP contribution in [0.25, 0.3) is 21.5 Å². The van der Waals surface area contributed by atoms with Crippen LogP contribution >= 0.6 is 0 Å². The van der Waals surface area contributed by atoms with E-state index in [0.717, 1.165) is 25.5 Å². The van der Waals surface area contributed by atoms with Crippen LogP contribution in [0.4, 0.5) is 0 Å². The lowest BCUT2D eigenvalue weighted by Gasteiger charge is -2.22. The minimum Gasteiger partial charge on any atom is -0.303 e. The quantitative estimate of drug-likeness (QED) is 0.461. The lowest BCUT2D eigenvalue weighted by atomic mass is 9.82. The molecule has 3 aromatic carbocycles. The molecule has 0 heterocycles. The molecule has 0 amide bonds. The first-order valence-corrected chi connectivity index (χ1v) is 7.26. The fourth-order valence-electron chi connectivity index (χ4n) is 3.43. The Bertz CT molecular complexity index is 816. The molecule has 4 rings (SSSR count). The second-order valence-electron chi connectivity index (χ2n) is 5.73. The van der Waals surface area contributed by atoms with Crippen LogP contribution in [0.5, 0.6) is 0 Å². The zero-order valence-electron chi connectivity index (χ0n) is 11.3. The van der Waals surface area contributed by atoms with E-state index in [4.69, 9.17) is 0 Å². The van der Waals surface area contributed by atoms with Gasteiger partial charge in [-0.25, -0.2) is 0 Å². The third-order valence-corrected chi connectivity index (χ3v) is 4.49. The number of carbonyl (C=O) groups is 1. The van der Waals surface area contributed by atoms with Crippen molar-refractivity contribution in [1.29, 1.82) is 0 Å². The molecule has 1 aliphatic carbocycles. The van der Waals surface area contributed by atoms with Gasteiger partial charge in [-0.05, 0) is 64.1 Å². The standard InChI is InChI=1S/C19H16O/c20-12-16-7-3-6-15-10-17-8-13-4-1-2-5-14(13)9-18(17)11-19(15)16/h1-2,4-5,8-12,16H,3,6-7H2. The van der Waals surface area contributed by atoms with E-state index in [-0.39, 0.29) is 5.92 Å². The van der Waals surface area contributed by atoms with E-state index in [1.54, 1.807) is 0 Å². The van der Waals surface area contributed by atoms with Crippen molar-refractivity contribution in [3.05, 3.63) is 59.7 Å². The second-order valence-corrected chi connectivity index (χ2v) is 5.73.